The molecule has 35 heavy (non-hydrogen) atoms. The van der Waals surface area contributed by atoms with Crippen LogP contribution in [0.3, 0.4) is 0 Å². The Morgan fingerprint density at radius 3 is 2.37 bits per heavy atom. The molecular weight excluding hydrogens is 452 g/mol. The maximum Gasteiger partial charge on any atom is 0.251 e. The standard InChI is InChI=1S/C25H30N4O6/c1-32-20-14-17(15-21(33-2)24(20)34-3)25(31)26-9-8-22-27-18-6-4-5-7-19(18)29(22)16-23(30)28-10-12-35-13-11-28/h4-7,14-15H,8-13,16H2,1-3H3,(H,26,31). The summed E-state index contributed by atoms with van der Waals surface area (Å²) in [5.74, 6) is 1.71. The molecule has 10 heteroatoms. The van der Waals surface area contributed by atoms with Gasteiger partial charge in [0.05, 0.1) is 45.6 Å². The number of methoxy groups -OCH3 is 3. The molecule has 0 bridgehead atoms. The van der Waals surface area contributed by atoms with Crippen LogP contribution in [0.2, 0.25) is 0 Å². The lowest BCUT2D eigenvalue weighted by Gasteiger charge is -2.27. The van der Waals surface area contributed by atoms with Gasteiger partial charge in [-0.3, -0.25) is 9.59 Å². The Morgan fingerprint density at radius 2 is 1.71 bits per heavy atom. The summed E-state index contributed by atoms with van der Waals surface area (Å²) in [5.41, 5.74) is 2.09. The van der Waals surface area contributed by atoms with Crippen LogP contribution < -0.4 is 19.5 Å². The first kappa shape index (κ1) is 24.3. The molecule has 0 unspecified atom stereocenters. The van der Waals surface area contributed by atoms with E-state index >= 15 is 0 Å². The number of carbonyl (C=O) groups excluding carboxylic acids is 2. The zero-order valence-electron chi connectivity index (χ0n) is 20.2. The maximum absolute atomic E-state index is 12.9. The van der Waals surface area contributed by atoms with Crippen molar-refractivity contribution in [1.29, 1.82) is 0 Å². The van der Waals surface area contributed by atoms with Crippen LogP contribution in [0.4, 0.5) is 0 Å². The summed E-state index contributed by atoms with van der Waals surface area (Å²) in [6.07, 6.45) is 0.460. The SMILES string of the molecule is COc1cc(C(=O)NCCc2nc3ccccc3n2CC(=O)N2CCOCC2)cc(OC)c1OC. The minimum atomic E-state index is -0.281. The lowest BCUT2D eigenvalue weighted by Crippen LogP contribution is -2.42. The Balaban J connectivity index is 1.48. The Morgan fingerprint density at radius 1 is 1.03 bits per heavy atom. The van der Waals surface area contributed by atoms with E-state index in [1.165, 1.54) is 21.3 Å². The number of nitrogens with zero attached hydrogens (tertiary/aromatic N) is 3. The predicted octanol–water partition coefficient (Wildman–Crippen LogP) is 1.89. The zero-order chi connectivity index (χ0) is 24.8. The summed E-state index contributed by atoms with van der Waals surface area (Å²) in [5, 5.41) is 2.92. The molecule has 4 rings (SSSR count). The van der Waals surface area contributed by atoms with Crippen molar-refractivity contribution in [3.63, 3.8) is 0 Å². The van der Waals surface area contributed by atoms with E-state index < -0.39 is 0 Å². The Labute approximate surface area is 203 Å². The van der Waals surface area contributed by atoms with E-state index in [1.807, 2.05) is 33.7 Å². The minimum Gasteiger partial charge on any atom is -0.493 e. The molecule has 186 valence electrons. The molecule has 1 aliphatic heterocycles. The molecule has 0 spiro atoms. The summed E-state index contributed by atoms with van der Waals surface area (Å²) in [6, 6.07) is 10.9. The van der Waals surface area contributed by atoms with E-state index in [4.69, 9.17) is 23.9 Å². The van der Waals surface area contributed by atoms with Gasteiger partial charge < -0.3 is 33.7 Å². The zero-order valence-corrected chi connectivity index (χ0v) is 20.2. The van der Waals surface area contributed by atoms with Gasteiger partial charge >= 0.3 is 0 Å². The van der Waals surface area contributed by atoms with Crippen LogP contribution >= 0.6 is 0 Å². The summed E-state index contributed by atoms with van der Waals surface area (Å²) >= 11 is 0. The van der Waals surface area contributed by atoms with Crippen LogP contribution in [0.25, 0.3) is 11.0 Å². The van der Waals surface area contributed by atoms with Crippen LogP contribution in [-0.2, 0) is 22.5 Å². The minimum absolute atomic E-state index is 0.0270. The Bertz CT molecular complexity index is 1180. The highest BCUT2D eigenvalue weighted by Gasteiger charge is 2.21. The van der Waals surface area contributed by atoms with E-state index in [0.29, 0.717) is 62.1 Å². The number of fused-ring (bicyclic) bond motifs is 1. The van der Waals surface area contributed by atoms with Crippen molar-refractivity contribution >= 4 is 22.8 Å². The molecule has 2 heterocycles. The summed E-state index contributed by atoms with van der Waals surface area (Å²) in [7, 11) is 4.51. The van der Waals surface area contributed by atoms with Gasteiger partial charge in [-0.25, -0.2) is 4.98 Å². The first-order chi connectivity index (χ1) is 17.0. The van der Waals surface area contributed by atoms with Crippen molar-refractivity contribution in [2.24, 2.45) is 0 Å². The highest BCUT2D eigenvalue weighted by molar-refractivity contribution is 5.95. The molecule has 1 saturated heterocycles. The number of benzene rings is 2. The molecule has 1 aromatic heterocycles. The predicted molar refractivity (Wildman–Crippen MR) is 129 cm³/mol. The van der Waals surface area contributed by atoms with Gasteiger partial charge in [0, 0.05) is 31.6 Å². The molecule has 10 nitrogen and oxygen atoms in total. The highest BCUT2D eigenvalue weighted by atomic mass is 16.5. The van der Waals surface area contributed by atoms with E-state index in [-0.39, 0.29) is 18.4 Å². The molecule has 2 aromatic carbocycles. The van der Waals surface area contributed by atoms with Crippen LogP contribution in [-0.4, -0.2) is 80.4 Å². The number of ether oxygens (including phenoxy) is 4. The fourth-order valence-corrected chi connectivity index (χ4v) is 4.14. The average molecular weight is 483 g/mol. The molecular formula is C25H30N4O6. The van der Waals surface area contributed by atoms with E-state index in [9.17, 15) is 9.59 Å². The largest absolute Gasteiger partial charge is 0.493 e. The van der Waals surface area contributed by atoms with E-state index in [0.717, 1.165) is 16.9 Å². The quantitative estimate of drug-likeness (QED) is 0.497. The van der Waals surface area contributed by atoms with Crippen LogP contribution in [0.5, 0.6) is 17.2 Å². The number of hydrogen-bond donors (Lipinski definition) is 1. The molecule has 0 radical (unpaired) electrons. The molecule has 3 aromatic rings. The lowest BCUT2D eigenvalue weighted by atomic mass is 10.1. The third kappa shape index (κ3) is 5.32. The van der Waals surface area contributed by atoms with Gasteiger partial charge in [-0.05, 0) is 24.3 Å². The number of imidazole rings is 1. The van der Waals surface area contributed by atoms with Crippen molar-refractivity contribution in [3.8, 4) is 17.2 Å². The molecule has 0 atom stereocenters. The summed E-state index contributed by atoms with van der Waals surface area (Å²) in [6.45, 7) is 2.81. The second-order valence-electron chi connectivity index (χ2n) is 8.02. The maximum atomic E-state index is 12.9. The third-order valence-corrected chi connectivity index (χ3v) is 5.95. The van der Waals surface area contributed by atoms with Gasteiger partial charge in [-0.15, -0.1) is 0 Å². The van der Waals surface area contributed by atoms with Gasteiger partial charge in [0.15, 0.2) is 11.5 Å². The number of hydrogen-bond acceptors (Lipinski definition) is 7. The number of aromatic nitrogens is 2. The fraction of sp³-hybridized carbons (Fsp3) is 0.400. The average Bonchev–Trinajstić information content (AvgIpc) is 3.25. The number of carbonyl (C=O) groups is 2. The number of para-hydroxylation sites is 2. The lowest BCUT2D eigenvalue weighted by molar-refractivity contribution is -0.135. The van der Waals surface area contributed by atoms with Gasteiger partial charge in [-0.2, -0.15) is 0 Å². The fourth-order valence-electron chi connectivity index (χ4n) is 4.14. The first-order valence-electron chi connectivity index (χ1n) is 11.4. The van der Waals surface area contributed by atoms with Gasteiger partial charge in [0.2, 0.25) is 11.7 Å². The van der Waals surface area contributed by atoms with Crippen LogP contribution in [0, 0.1) is 0 Å². The Kier molecular flexibility index (Phi) is 7.71. The van der Waals surface area contributed by atoms with Crippen molar-refractivity contribution < 1.29 is 28.5 Å². The molecule has 1 N–H and O–H groups in total. The molecule has 0 saturated carbocycles. The van der Waals surface area contributed by atoms with Crippen molar-refractivity contribution in [3.05, 3.63) is 47.8 Å². The highest BCUT2D eigenvalue weighted by Crippen LogP contribution is 2.38. The number of nitrogens with one attached hydrogen (secondary N) is 1. The number of morpholine rings is 1. The van der Waals surface area contributed by atoms with Crippen molar-refractivity contribution in [2.75, 3.05) is 54.2 Å². The number of rotatable bonds is 9. The van der Waals surface area contributed by atoms with E-state index in [2.05, 4.69) is 5.32 Å². The molecule has 2 amide bonds. The topological polar surface area (TPSA) is 104 Å². The first-order valence-corrected chi connectivity index (χ1v) is 11.4. The normalized spacial score (nSPS) is 13.5. The molecule has 0 aliphatic carbocycles. The Hall–Kier alpha value is -3.79. The monoisotopic (exact) mass is 482 g/mol. The van der Waals surface area contributed by atoms with Crippen LogP contribution in [0.1, 0.15) is 16.2 Å². The number of amides is 2. The molecule has 1 aliphatic rings. The van der Waals surface area contributed by atoms with Crippen molar-refractivity contribution in [2.45, 2.75) is 13.0 Å². The van der Waals surface area contributed by atoms with E-state index in [1.54, 1.807) is 12.1 Å². The third-order valence-electron chi connectivity index (χ3n) is 5.95. The second kappa shape index (κ2) is 11.1. The smallest absolute Gasteiger partial charge is 0.251 e. The summed E-state index contributed by atoms with van der Waals surface area (Å²) < 4.78 is 23.3. The van der Waals surface area contributed by atoms with Gasteiger partial charge in [-0.1, -0.05) is 12.1 Å². The van der Waals surface area contributed by atoms with Crippen molar-refractivity contribution in [1.82, 2.24) is 19.8 Å². The second-order valence-corrected chi connectivity index (χ2v) is 8.02. The van der Waals surface area contributed by atoms with Gasteiger partial charge in [0.25, 0.3) is 5.91 Å². The summed E-state index contributed by atoms with van der Waals surface area (Å²) in [4.78, 5) is 32.3. The van der Waals surface area contributed by atoms with Gasteiger partial charge in [0.1, 0.15) is 12.4 Å². The molecule has 1 fully saturated rings. The van der Waals surface area contributed by atoms with Crippen LogP contribution in [0.15, 0.2) is 36.4 Å².